The second-order valence-corrected chi connectivity index (χ2v) is 3.47. The molecule has 0 aromatic carbocycles. The second kappa shape index (κ2) is 3.69. The number of nitrogens with two attached hydrogens (primary N) is 1. The lowest BCUT2D eigenvalue weighted by Crippen LogP contribution is -2.00. The molecular formula is C7H12N2OS. The average molecular weight is 172 g/mol. The molecule has 4 heteroatoms. The van der Waals surface area contributed by atoms with Gasteiger partial charge in [-0.05, 0) is 31.4 Å². The highest BCUT2D eigenvalue weighted by atomic mass is 32.1. The molecule has 0 aliphatic heterocycles. The largest absolute Gasteiger partial charge is 0.383 e. The van der Waals surface area contributed by atoms with E-state index in [1.165, 1.54) is 11.5 Å². The molecule has 1 heterocycles. The van der Waals surface area contributed by atoms with E-state index >= 15 is 0 Å². The highest BCUT2D eigenvalue weighted by molar-refractivity contribution is 7.06. The lowest BCUT2D eigenvalue weighted by atomic mass is 10.4. The van der Waals surface area contributed by atoms with Gasteiger partial charge in [0.25, 0.3) is 0 Å². The first kappa shape index (κ1) is 8.49. The molecule has 0 saturated carbocycles. The number of hydrogen-bond acceptors (Lipinski definition) is 4. The van der Waals surface area contributed by atoms with E-state index < -0.39 is 0 Å². The van der Waals surface area contributed by atoms with Crippen LogP contribution in [0.25, 0.3) is 0 Å². The summed E-state index contributed by atoms with van der Waals surface area (Å²) in [7, 11) is 0. The van der Waals surface area contributed by atoms with Crippen molar-refractivity contribution < 1.29 is 4.74 Å². The van der Waals surface area contributed by atoms with Crippen LogP contribution in [0.4, 0.5) is 5.82 Å². The smallest absolute Gasteiger partial charge is 0.137 e. The first-order chi connectivity index (χ1) is 5.18. The van der Waals surface area contributed by atoms with Crippen molar-refractivity contribution in [1.82, 2.24) is 4.37 Å². The Hall–Kier alpha value is -0.610. The van der Waals surface area contributed by atoms with E-state index in [-0.39, 0.29) is 6.10 Å². The lowest BCUT2D eigenvalue weighted by molar-refractivity contribution is 0.0675. The minimum absolute atomic E-state index is 0.262. The standard InChI is InChI=1S/C7H12N2OS/c1-5(2)10-4-6-3-7(8)9-11-6/h3,5H,4H2,1-2H3,(H2,8,9). The lowest BCUT2D eigenvalue weighted by Gasteiger charge is -2.03. The molecule has 0 bridgehead atoms. The summed E-state index contributed by atoms with van der Waals surface area (Å²) < 4.78 is 9.29. The van der Waals surface area contributed by atoms with E-state index in [2.05, 4.69) is 4.37 Å². The minimum Gasteiger partial charge on any atom is -0.383 e. The number of aromatic nitrogens is 1. The number of nitrogen functional groups attached to an aromatic ring is 1. The summed E-state index contributed by atoms with van der Waals surface area (Å²) in [5.41, 5.74) is 5.43. The van der Waals surface area contributed by atoms with Gasteiger partial charge in [0.15, 0.2) is 0 Å². The van der Waals surface area contributed by atoms with E-state index in [1.807, 2.05) is 19.9 Å². The summed E-state index contributed by atoms with van der Waals surface area (Å²) >= 11 is 1.39. The van der Waals surface area contributed by atoms with Gasteiger partial charge in [-0.2, -0.15) is 4.37 Å². The molecule has 0 unspecified atom stereocenters. The van der Waals surface area contributed by atoms with Crippen LogP contribution in [0, 0.1) is 0 Å². The van der Waals surface area contributed by atoms with E-state index in [1.54, 1.807) is 0 Å². The highest BCUT2D eigenvalue weighted by Gasteiger charge is 1.99. The fraction of sp³-hybridized carbons (Fsp3) is 0.571. The summed E-state index contributed by atoms with van der Waals surface area (Å²) in [4.78, 5) is 1.08. The number of nitrogens with zero attached hydrogens (tertiary/aromatic N) is 1. The molecule has 1 aromatic heterocycles. The Bertz CT molecular complexity index is 222. The van der Waals surface area contributed by atoms with Crippen LogP contribution in [0.15, 0.2) is 6.07 Å². The molecule has 1 aromatic rings. The average Bonchev–Trinajstić information content (AvgIpc) is 2.31. The SMILES string of the molecule is CC(C)OCc1cc(N)ns1. The summed E-state index contributed by atoms with van der Waals surface area (Å²) in [6.45, 7) is 4.63. The normalized spacial score (nSPS) is 10.8. The maximum Gasteiger partial charge on any atom is 0.137 e. The molecule has 0 amide bonds. The third kappa shape index (κ3) is 2.86. The van der Waals surface area contributed by atoms with Crippen LogP contribution in [0.3, 0.4) is 0 Å². The molecule has 62 valence electrons. The van der Waals surface area contributed by atoms with Crippen LogP contribution in [-0.4, -0.2) is 10.5 Å². The zero-order valence-corrected chi connectivity index (χ0v) is 7.52. The summed E-state index contributed by atoms with van der Waals surface area (Å²) in [5.74, 6) is 0.581. The first-order valence-electron chi connectivity index (χ1n) is 3.51. The molecule has 1 rings (SSSR count). The van der Waals surface area contributed by atoms with Crippen molar-refractivity contribution in [2.45, 2.75) is 26.6 Å². The predicted molar refractivity (Wildman–Crippen MR) is 46.5 cm³/mol. The molecule has 0 saturated heterocycles. The van der Waals surface area contributed by atoms with Crippen molar-refractivity contribution >= 4 is 17.4 Å². The number of rotatable bonds is 3. The van der Waals surface area contributed by atoms with E-state index in [0.717, 1.165) is 4.88 Å². The van der Waals surface area contributed by atoms with Gasteiger partial charge in [-0.1, -0.05) is 0 Å². The summed E-state index contributed by atoms with van der Waals surface area (Å²) in [6.07, 6.45) is 0.262. The second-order valence-electron chi connectivity index (χ2n) is 2.58. The molecule has 0 fully saturated rings. The fourth-order valence-corrected chi connectivity index (χ4v) is 1.22. The van der Waals surface area contributed by atoms with Crippen LogP contribution < -0.4 is 5.73 Å². The van der Waals surface area contributed by atoms with Crippen LogP contribution in [0.1, 0.15) is 18.7 Å². The zero-order chi connectivity index (χ0) is 8.27. The summed E-state index contributed by atoms with van der Waals surface area (Å²) in [6, 6.07) is 1.84. The van der Waals surface area contributed by atoms with Crippen LogP contribution in [0.2, 0.25) is 0 Å². The topological polar surface area (TPSA) is 48.1 Å². The van der Waals surface area contributed by atoms with Crippen LogP contribution in [0.5, 0.6) is 0 Å². The van der Waals surface area contributed by atoms with Crippen molar-refractivity contribution in [2.75, 3.05) is 5.73 Å². The Labute approximate surface area is 70.3 Å². The van der Waals surface area contributed by atoms with Gasteiger partial charge in [0, 0.05) is 0 Å². The number of anilines is 1. The van der Waals surface area contributed by atoms with Crippen molar-refractivity contribution in [2.24, 2.45) is 0 Å². The Morgan fingerprint density at radius 1 is 1.73 bits per heavy atom. The highest BCUT2D eigenvalue weighted by Crippen LogP contribution is 2.12. The first-order valence-corrected chi connectivity index (χ1v) is 4.28. The molecule has 0 spiro atoms. The fourth-order valence-electron chi connectivity index (χ4n) is 0.646. The van der Waals surface area contributed by atoms with Gasteiger partial charge in [0.05, 0.1) is 17.6 Å². The van der Waals surface area contributed by atoms with Crippen LogP contribution >= 0.6 is 11.5 Å². The number of hydrogen-bond donors (Lipinski definition) is 1. The van der Waals surface area contributed by atoms with Crippen molar-refractivity contribution in [1.29, 1.82) is 0 Å². The van der Waals surface area contributed by atoms with Gasteiger partial charge in [-0.3, -0.25) is 0 Å². The van der Waals surface area contributed by atoms with Gasteiger partial charge in [0.2, 0.25) is 0 Å². The maximum absolute atomic E-state index is 5.43. The minimum atomic E-state index is 0.262. The third-order valence-corrected chi connectivity index (χ3v) is 1.91. The van der Waals surface area contributed by atoms with Gasteiger partial charge in [0.1, 0.15) is 5.82 Å². The molecule has 0 radical (unpaired) electrons. The Morgan fingerprint density at radius 3 is 2.91 bits per heavy atom. The van der Waals surface area contributed by atoms with E-state index in [9.17, 15) is 0 Å². The molecule has 0 aliphatic carbocycles. The summed E-state index contributed by atoms with van der Waals surface area (Å²) in [5, 5.41) is 0. The van der Waals surface area contributed by atoms with Crippen molar-refractivity contribution in [3.05, 3.63) is 10.9 Å². The Morgan fingerprint density at radius 2 is 2.45 bits per heavy atom. The predicted octanol–water partition coefficient (Wildman–Crippen LogP) is 1.65. The van der Waals surface area contributed by atoms with Crippen molar-refractivity contribution in [3.63, 3.8) is 0 Å². The van der Waals surface area contributed by atoms with Gasteiger partial charge >= 0.3 is 0 Å². The van der Waals surface area contributed by atoms with Gasteiger partial charge in [-0.15, -0.1) is 0 Å². The number of ether oxygens (including phenoxy) is 1. The molecule has 3 nitrogen and oxygen atoms in total. The van der Waals surface area contributed by atoms with E-state index in [0.29, 0.717) is 12.4 Å². The molecule has 11 heavy (non-hydrogen) atoms. The quantitative estimate of drug-likeness (QED) is 0.754. The Kier molecular flexibility index (Phi) is 2.84. The molecule has 0 atom stereocenters. The Balaban J connectivity index is 2.39. The maximum atomic E-state index is 5.43. The zero-order valence-electron chi connectivity index (χ0n) is 6.70. The van der Waals surface area contributed by atoms with E-state index in [4.69, 9.17) is 10.5 Å². The van der Waals surface area contributed by atoms with Crippen LogP contribution in [-0.2, 0) is 11.3 Å². The third-order valence-electron chi connectivity index (χ3n) is 1.14. The van der Waals surface area contributed by atoms with Gasteiger partial charge in [-0.25, -0.2) is 0 Å². The monoisotopic (exact) mass is 172 g/mol. The van der Waals surface area contributed by atoms with Crippen molar-refractivity contribution in [3.8, 4) is 0 Å². The molecular weight excluding hydrogens is 160 g/mol. The molecule has 2 N–H and O–H groups in total. The van der Waals surface area contributed by atoms with Gasteiger partial charge < -0.3 is 10.5 Å². The molecule has 0 aliphatic rings.